The van der Waals surface area contributed by atoms with E-state index in [2.05, 4.69) is 20.0 Å². The van der Waals surface area contributed by atoms with Gasteiger partial charge in [0.15, 0.2) is 0 Å². The molecule has 36 heavy (non-hydrogen) atoms. The quantitative estimate of drug-likeness (QED) is 0.432. The van der Waals surface area contributed by atoms with Crippen LogP contribution in [0.3, 0.4) is 0 Å². The molecule has 0 saturated heterocycles. The summed E-state index contributed by atoms with van der Waals surface area (Å²) in [5.74, 6) is -0.392. The predicted octanol–water partition coefficient (Wildman–Crippen LogP) is 4.32. The van der Waals surface area contributed by atoms with Crippen molar-refractivity contribution >= 4 is 27.1 Å². The molecule has 1 N–H and O–H groups in total. The van der Waals surface area contributed by atoms with Gasteiger partial charge in [-0.2, -0.15) is 0 Å². The number of benzene rings is 3. The summed E-state index contributed by atoms with van der Waals surface area (Å²) in [6.07, 6.45) is 0.216. The van der Waals surface area contributed by atoms with Gasteiger partial charge in [-0.25, -0.2) is 17.5 Å². The van der Waals surface area contributed by atoms with Crippen LogP contribution in [0.25, 0.3) is 16.7 Å². The lowest BCUT2D eigenvalue weighted by Gasteiger charge is -2.37. The van der Waals surface area contributed by atoms with Gasteiger partial charge in [0.2, 0.25) is 0 Å². The van der Waals surface area contributed by atoms with Gasteiger partial charge in [-0.05, 0) is 63.1 Å². The molecule has 1 aliphatic heterocycles. The van der Waals surface area contributed by atoms with Crippen LogP contribution in [0, 0.1) is 5.82 Å². The number of sulfonamides is 1. The maximum atomic E-state index is 14.2. The number of fused-ring (bicyclic) bond motifs is 1. The summed E-state index contributed by atoms with van der Waals surface area (Å²) in [5, 5.41) is 10.4. The predicted molar refractivity (Wildman–Crippen MR) is 136 cm³/mol. The topological polar surface area (TPSA) is 98.5 Å². The Morgan fingerprint density at radius 3 is 2.47 bits per heavy atom. The van der Waals surface area contributed by atoms with E-state index in [0.717, 1.165) is 22.3 Å². The van der Waals surface area contributed by atoms with Gasteiger partial charge in [0, 0.05) is 5.56 Å². The SMILES string of the molecule is C[C@H](NC1=NS(=O)(=O)C(Cc2ccc(-n3nnc4ccccc43)cc2)C(C)(C)O1)c1ccccc1F. The Labute approximate surface area is 208 Å². The van der Waals surface area contributed by atoms with Gasteiger partial charge in [0.05, 0.1) is 17.2 Å². The van der Waals surface area contributed by atoms with Crippen LogP contribution in [-0.4, -0.2) is 40.3 Å². The Hall–Kier alpha value is -3.79. The molecular weight excluding hydrogens is 481 g/mol. The fourth-order valence-electron chi connectivity index (χ4n) is 4.41. The highest BCUT2D eigenvalue weighted by Gasteiger charge is 2.46. The van der Waals surface area contributed by atoms with Gasteiger partial charge >= 0.3 is 6.02 Å². The highest BCUT2D eigenvalue weighted by molar-refractivity contribution is 7.91. The fraction of sp³-hybridized carbons (Fsp3) is 0.269. The highest BCUT2D eigenvalue weighted by atomic mass is 32.2. The van der Waals surface area contributed by atoms with Crippen LogP contribution in [0.15, 0.2) is 77.2 Å². The number of nitrogens with one attached hydrogen (secondary N) is 1. The van der Waals surface area contributed by atoms with E-state index in [0.29, 0.717) is 5.56 Å². The third-order valence-corrected chi connectivity index (χ3v) is 8.24. The lowest BCUT2D eigenvalue weighted by molar-refractivity contribution is 0.0769. The minimum atomic E-state index is -3.92. The van der Waals surface area contributed by atoms with Gasteiger partial charge < -0.3 is 10.1 Å². The summed E-state index contributed by atoms with van der Waals surface area (Å²) in [6.45, 7) is 5.15. The molecule has 4 aromatic rings. The second kappa shape index (κ2) is 9.02. The third kappa shape index (κ3) is 4.56. The van der Waals surface area contributed by atoms with Crippen LogP contribution < -0.4 is 5.32 Å². The van der Waals surface area contributed by atoms with Gasteiger partial charge in [0.1, 0.15) is 22.2 Å². The summed E-state index contributed by atoms with van der Waals surface area (Å²) in [4.78, 5) is 0. The monoisotopic (exact) mass is 507 g/mol. The molecular formula is C26H26FN5O3S. The van der Waals surface area contributed by atoms with Crippen molar-refractivity contribution in [3.05, 3.63) is 89.7 Å². The fourth-order valence-corrected chi connectivity index (χ4v) is 6.03. The first-order valence-electron chi connectivity index (χ1n) is 11.6. The van der Waals surface area contributed by atoms with E-state index in [4.69, 9.17) is 4.74 Å². The van der Waals surface area contributed by atoms with E-state index in [1.807, 2.05) is 48.5 Å². The highest BCUT2D eigenvalue weighted by Crippen LogP contribution is 2.31. The minimum absolute atomic E-state index is 0.139. The first-order chi connectivity index (χ1) is 17.1. The number of ether oxygens (including phenoxy) is 1. The first kappa shape index (κ1) is 23.9. The summed E-state index contributed by atoms with van der Waals surface area (Å²) >= 11 is 0. The average molecular weight is 508 g/mol. The van der Waals surface area contributed by atoms with Gasteiger partial charge in [-0.1, -0.05) is 47.7 Å². The maximum absolute atomic E-state index is 14.2. The lowest BCUT2D eigenvalue weighted by Crippen LogP contribution is -2.52. The number of para-hydroxylation sites is 1. The van der Waals surface area contributed by atoms with Crippen molar-refractivity contribution in [2.24, 2.45) is 4.40 Å². The third-order valence-electron chi connectivity index (χ3n) is 6.37. The zero-order valence-electron chi connectivity index (χ0n) is 20.1. The van der Waals surface area contributed by atoms with Crippen LogP contribution >= 0.6 is 0 Å². The molecule has 2 atom stereocenters. The van der Waals surface area contributed by atoms with Crippen LogP contribution in [-0.2, 0) is 21.2 Å². The van der Waals surface area contributed by atoms with Crippen molar-refractivity contribution in [1.82, 2.24) is 20.3 Å². The standard InChI is InChI=1S/C26H26FN5O3S/c1-17(20-8-4-5-9-21(20)27)28-25-30-36(33,34)24(26(2,3)35-25)16-18-12-14-19(15-13-18)32-23-11-7-6-10-22(23)29-31-32/h4-15,17,24H,16H2,1-3H3,(H,28,30)/t17-,24?/m0/s1. The molecule has 0 radical (unpaired) electrons. The number of aromatic nitrogens is 3. The number of rotatable bonds is 5. The van der Waals surface area contributed by atoms with E-state index in [1.165, 1.54) is 6.07 Å². The Morgan fingerprint density at radius 2 is 1.75 bits per heavy atom. The molecule has 186 valence electrons. The lowest BCUT2D eigenvalue weighted by atomic mass is 9.97. The Balaban J connectivity index is 1.35. The van der Waals surface area contributed by atoms with Gasteiger partial charge in [0.25, 0.3) is 10.0 Å². The molecule has 1 aromatic heterocycles. The molecule has 8 nitrogen and oxygen atoms in total. The van der Waals surface area contributed by atoms with Crippen molar-refractivity contribution in [3.8, 4) is 5.69 Å². The first-order valence-corrected chi connectivity index (χ1v) is 13.1. The Bertz CT molecular complexity index is 1550. The molecule has 2 heterocycles. The van der Waals surface area contributed by atoms with E-state index in [-0.39, 0.29) is 12.4 Å². The number of amidine groups is 1. The number of hydrogen-bond donors (Lipinski definition) is 1. The smallest absolute Gasteiger partial charge is 0.301 e. The molecule has 0 bridgehead atoms. The second-order valence-corrected chi connectivity index (χ2v) is 11.1. The Morgan fingerprint density at radius 1 is 1.06 bits per heavy atom. The average Bonchev–Trinajstić information content (AvgIpc) is 3.26. The molecule has 0 aliphatic carbocycles. The van der Waals surface area contributed by atoms with E-state index in [1.54, 1.807) is 43.7 Å². The largest absolute Gasteiger partial charge is 0.457 e. The molecule has 0 spiro atoms. The van der Waals surface area contributed by atoms with Crippen molar-refractivity contribution < 1.29 is 17.5 Å². The van der Waals surface area contributed by atoms with Crippen molar-refractivity contribution in [2.75, 3.05) is 0 Å². The van der Waals surface area contributed by atoms with Crippen molar-refractivity contribution in [2.45, 2.75) is 44.1 Å². The van der Waals surface area contributed by atoms with E-state index < -0.39 is 32.7 Å². The van der Waals surface area contributed by atoms with Gasteiger partial charge in [-0.3, -0.25) is 0 Å². The van der Waals surface area contributed by atoms with Crippen LogP contribution in [0.2, 0.25) is 0 Å². The normalized spacial score (nSPS) is 19.3. The second-order valence-electron chi connectivity index (χ2n) is 9.35. The van der Waals surface area contributed by atoms with Crippen molar-refractivity contribution in [3.63, 3.8) is 0 Å². The van der Waals surface area contributed by atoms with Crippen LogP contribution in [0.4, 0.5) is 4.39 Å². The van der Waals surface area contributed by atoms with E-state index in [9.17, 15) is 12.8 Å². The number of halogens is 1. The van der Waals surface area contributed by atoms with Crippen LogP contribution in [0.1, 0.15) is 37.9 Å². The van der Waals surface area contributed by atoms with Crippen molar-refractivity contribution in [1.29, 1.82) is 0 Å². The molecule has 5 rings (SSSR count). The molecule has 0 saturated carbocycles. The molecule has 0 fully saturated rings. The molecule has 3 aromatic carbocycles. The zero-order chi connectivity index (χ0) is 25.5. The molecule has 1 aliphatic rings. The maximum Gasteiger partial charge on any atom is 0.301 e. The van der Waals surface area contributed by atoms with Gasteiger partial charge in [-0.15, -0.1) is 9.50 Å². The molecule has 1 unspecified atom stereocenters. The van der Waals surface area contributed by atoms with Crippen LogP contribution in [0.5, 0.6) is 0 Å². The summed E-state index contributed by atoms with van der Waals surface area (Å²) < 4.78 is 52.1. The zero-order valence-corrected chi connectivity index (χ0v) is 20.9. The number of nitrogens with zero attached hydrogens (tertiary/aromatic N) is 4. The summed E-state index contributed by atoms with van der Waals surface area (Å²) in [6, 6.07) is 20.8. The number of hydrogen-bond acceptors (Lipinski definition) is 6. The summed E-state index contributed by atoms with van der Waals surface area (Å²) in [5.41, 5.74) is 2.63. The molecule has 10 heteroatoms. The molecule has 0 amide bonds. The summed E-state index contributed by atoms with van der Waals surface area (Å²) in [7, 11) is -3.92. The Kier molecular flexibility index (Phi) is 5.99. The minimum Gasteiger partial charge on any atom is -0.457 e. The van der Waals surface area contributed by atoms with E-state index >= 15 is 0 Å².